The molecular formula is C10H15F3N2S. The predicted octanol–water partition coefficient (Wildman–Crippen LogP) is 2.59. The predicted molar refractivity (Wildman–Crippen MR) is 59.2 cm³/mol. The van der Waals surface area contributed by atoms with E-state index in [1.807, 2.05) is 12.1 Å². The molecule has 0 fully saturated rings. The highest BCUT2D eigenvalue weighted by Gasteiger charge is 2.27. The first-order valence-electron chi connectivity index (χ1n) is 4.93. The van der Waals surface area contributed by atoms with Crippen molar-refractivity contribution in [2.45, 2.75) is 25.7 Å². The molecule has 2 nitrogen and oxygen atoms in total. The fraction of sp³-hybridized carbons (Fsp3) is 0.600. The van der Waals surface area contributed by atoms with Gasteiger partial charge in [-0.2, -0.15) is 13.2 Å². The van der Waals surface area contributed by atoms with Crippen molar-refractivity contribution in [3.8, 4) is 0 Å². The summed E-state index contributed by atoms with van der Waals surface area (Å²) in [4.78, 5) is 3.77. The normalized spacial score (nSPS) is 12.4. The molecule has 0 amide bonds. The number of hydrogen-bond donors (Lipinski definition) is 1. The molecule has 1 rings (SSSR count). The SMILES string of the molecule is CN(CCC(F)(F)F)Cc1ccc(CN)s1. The number of thiophene rings is 1. The third-order valence-electron chi connectivity index (χ3n) is 2.12. The van der Waals surface area contributed by atoms with Crippen LogP contribution in [-0.4, -0.2) is 24.7 Å². The van der Waals surface area contributed by atoms with Crippen molar-refractivity contribution in [3.63, 3.8) is 0 Å². The van der Waals surface area contributed by atoms with Crippen LogP contribution in [0, 0.1) is 0 Å². The van der Waals surface area contributed by atoms with E-state index < -0.39 is 12.6 Å². The van der Waals surface area contributed by atoms with Gasteiger partial charge in [0.2, 0.25) is 0 Å². The van der Waals surface area contributed by atoms with Crippen LogP contribution in [0.5, 0.6) is 0 Å². The number of halogens is 3. The third-order valence-corrected chi connectivity index (χ3v) is 3.21. The Bertz CT molecular complexity index is 322. The Labute approximate surface area is 96.9 Å². The summed E-state index contributed by atoms with van der Waals surface area (Å²) in [5.74, 6) is 0. The van der Waals surface area contributed by atoms with Crippen molar-refractivity contribution in [2.24, 2.45) is 5.73 Å². The molecule has 1 heterocycles. The second kappa shape index (κ2) is 5.65. The fourth-order valence-electron chi connectivity index (χ4n) is 1.28. The summed E-state index contributed by atoms with van der Waals surface area (Å²) in [7, 11) is 1.69. The standard InChI is InChI=1S/C10H15F3N2S/c1-15(5-4-10(11,12)13)7-9-3-2-8(6-14)16-9/h2-3H,4-7,14H2,1H3. The molecule has 0 aliphatic carbocycles. The fourth-order valence-corrected chi connectivity index (χ4v) is 2.26. The number of nitrogens with zero attached hydrogens (tertiary/aromatic N) is 1. The van der Waals surface area contributed by atoms with Crippen molar-refractivity contribution in [3.05, 3.63) is 21.9 Å². The summed E-state index contributed by atoms with van der Waals surface area (Å²) in [5.41, 5.74) is 5.46. The molecule has 0 aliphatic heterocycles. The third kappa shape index (κ3) is 4.96. The summed E-state index contributed by atoms with van der Waals surface area (Å²) < 4.78 is 35.9. The van der Waals surface area contributed by atoms with Crippen LogP contribution in [0.25, 0.3) is 0 Å². The number of alkyl halides is 3. The summed E-state index contributed by atoms with van der Waals surface area (Å²) >= 11 is 1.55. The molecule has 92 valence electrons. The summed E-state index contributed by atoms with van der Waals surface area (Å²) in [5, 5.41) is 0. The lowest BCUT2D eigenvalue weighted by molar-refractivity contribution is -0.137. The van der Waals surface area contributed by atoms with Crippen molar-refractivity contribution in [1.29, 1.82) is 0 Å². The van der Waals surface area contributed by atoms with Gasteiger partial charge in [0.15, 0.2) is 0 Å². The van der Waals surface area contributed by atoms with Crippen molar-refractivity contribution < 1.29 is 13.2 Å². The first kappa shape index (κ1) is 13.5. The van der Waals surface area contributed by atoms with E-state index >= 15 is 0 Å². The van der Waals surface area contributed by atoms with Gasteiger partial charge in [-0.05, 0) is 19.2 Å². The highest BCUT2D eigenvalue weighted by atomic mass is 32.1. The molecule has 6 heteroatoms. The highest BCUT2D eigenvalue weighted by Crippen LogP contribution is 2.21. The zero-order valence-corrected chi connectivity index (χ0v) is 9.87. The second-order valence-corrected chi connectivity index (χ2v) is 4.93. The van der Waals surface area contributed by atoms with Gasteiger partial charge in [-0.3, -0.25) is 0 Å². The van der Waals surface area contributed by atoms with E-state index in [0.717, 1.165) is 9.75 Å². The molecule has 0 radical (unpaired) electrons. The molecule has 0 saturated carbocycles. The van der Waals surface area contributed by atoms with Crippen LogP contribution in [0.1, 0.15) is 16.2 Å². The van der Waals surface area contributed by atoms with Gasteiger partial charge >= 0.3 is 6.18 Å². The average Bonchev–Trinajstić information content (AvgIpc) is 2.61. The Morgan fingerprint density at radius 1 is 1.31 bits per heavy atom. The zero-order chi connectivity index (χ0) is 12.2. The Balaban J connectivity index is 2.36. The quantitative estimate of drug-likeness (QED) is 0.872. The van der Waals surface area contributed by atoms with Crippen LogP contribution in [0.3, 0.4) is 0 Å². The maximum absolute atomic E-state index is 12.0. The van der Waals surface area contributed by atoms with Gasteiger partial charge in [0.05, 0.1) is 6.42 Å². The molecular weight excluding hydrogens is 237 g/mol. The minimum Gasteiger partial charge on any atom is -0.326 e. The highest BCUT2D eigenvalue weighted by molar-refractivity contribution is 7.11. The van der Waals surface area contributed by atoms with E-state index in [-0.39, 0.29) is 6.54 Å². The van der Waals surface area contributed by atoms with Gasteiger partial charge in [0, 0.05) is 29.4 Å². The lowest BCUT2D eigenvalue weighted by Gasteiger charge is -2.16. The van der Waals surface area contributed by atoms with Crippen LogP contribution in [-0.2, 0) is 13.1 Å². The Morgan fingerprint density at radius 3 is 2.44 bits per heavy atom. The van der Waals surface area contributed by atoms with E-state index in [1.54, 1.807) is 23.3 Å². The molecule has 0 aliphatic rings. The maximum Gasteiger partial charge on any atom is 0.390 e. The smallest absolute Gasteiger partial charge is 0.326 e. The monoisotopic (exact) mass is 252 g/mol. The van der Waals surface area contributed by atoms with E-state index in [9.17, 15) is 13.2 Å². The van der Waals surface area contributed by atoms with Crippen LogP contribution in [0.2, 0.25) is 0 Å². The summed E-state index contributed by atoms with van der Waals surface area (Å²) in [6, 6.07) is 3.83. The first-order valence-corrected chi connectivity index (χ1v) is 5.75. The largest absolute Gasteiger partial charge is 0.390 e. The van der Waals surface area contributed by atoms with Crippen LogP contribution < -0.4 is 5.73 Å². The number of rotatable bonds is 5. The van der Waals surface area contributed by atoms with E-state index in [2.05, 4.69) is 0 Å². The van der Waals surface area contributed by atoms with Gasteiger partial charge < -0.3 is 10.6 Å². The molecule has 0 saturated heterocycles. The molecule has 1 aromatic heterocycles. The lowest BCUT2D eigenvalue weighted by Crippen LogP contribution is -2.23. The van der Waals surface area contributed by atoms with E-state index in [4.69, 9.17) is 5.73 Å². The Morgan fingerprint density at radius 2 is 1.94 bits per heavy atom. The second-order valence-electron chi connectivity index (χ2n) is 3.68. The minimum atomic E-state index is -4.08. The van der Waals surface area contributed by atoms with Gasteiger partial charge in [-0.15, -0.1) is 11.3 Å². The lowest BCUT2D eigenvalue weighted by atomic mass is 10.3. The van der Waals surface area contributed by atoms with Crippen LogP contribution >= 0.6 is 11.3 Å². The molecule has 0 bridgehead atoms. The van der Waals surface area contributed by atoms with E-state index in [0.29, 0.717) is 13.1 Å². The molecule has 16 heavy (non-hydrogen) atoms. The molecule has 0 atom stereocenters. The van der Waals surface area contributed by atoms with Gasteiger partial charge in [0.1, 0.15) is 0 Å². The van der Waals surface area contributed by atoms with Crippen molar-refractivity contribution in [1.82, 2.24) is 4.90 Å². The average molecular weight is 252 g/mol. The zero-order valence-electron chi connectivity index (χ0n) is 9.05. The van der Waals surface area contributed by atoms with Crippen molar-refractivity contribution in [2.75, 3.05) is 13.6 Å². The van der Waals surface area contributed by atoms with Crippen molar-refractivity contribution >= 4 is 11.3 Å². The first-order chi connectivity index (χ1) is 7.40. The molecule has 1 aromatic rings. The molecule has 0 unspecified atom stereocenters. The van der Waals surface area contributed by atoms with Crippen LogP contribution in [0.15, 0.2) is 12.1 Å². The topological polar surface area (TPSA) is 29.3 Å². The molecule has 0 aromatic carbocycles. The number of nitrogens with two attached hydrogens (primary N) is 1. The Hall–Kier alpha value is -0.590. The molecule has 0 spiro atoms. The minimum absolute atomic E-state index is 0.0271. The van der Waals surface area contributed by atoms with Gasteiger partial charge in [0.25, 0.3) is 0 Å². The van der Waals surface area contributed by atoms with Gasteiger partial charge in [-0.25, -0.2) is 0 Å². The molecule has 2 N–H and O–H groups in total. The summed E-state index contributed by atoms with van der Waals surface area (Å²) in [6.45, 7) is 1.05. The van der Waals surface area contributed by atoms with E-state index in [1.165, 1.54) is 0 Å². The van der Waals surface area contributed by atoms with Crippen LogP contribution in [0.4, 0.5) is 13.2 Å². The Kier molecular flexibility index (Phi) is 4.76. The van der Waals surface area contributed by atoms with Gasteiger partial charge in [-0.1, -0.05) is 0 Å². The summed E-state index contributed by atoms with van der Waals surface area (Å²) in [6.07, 6.45) is -4.84. The number of hydrogen-bond acceptors (Lipinski definition) is 3. The maximum atomic E-state index is 12.0.